The van der Waals surface area contributed by atoms with Crippen molar-refractivity contribution in [3.63, 3.8) is 0 Å². The van der Waals surface area contributed by atoms with E-state index in [2.05, 4.69) is 33.2 Å². The summed E-state index contributed by atoms with van der Waals surface area (Å²) in [6, 6.07) is 10.7. The van der Waals surface area contributed by atoms with Crippen molar-refractivity contribution in [3.8, 4) is 11.5 Å². The minimum atomic E-state index is -0.320. The molecule has 0 aliphatic carbocycles. The van der Waals surface area contributed by atoms with Crippen molar-refractivity contribution in [2.75, 3.05) is 24.9 Å². The van der Waals surface area contributed by atoms with Crippen LogP contribution in [0.3, 0.4) is 0 Å². The molecule has 2 amide bonds. The highest BCUT2D eigenvalue weighted by atomic mass is 127. The Morgan fingerprint density at radius 2 is 1.64 bits per heavy atom. The zero-order chi connectivity index (χ0) is 16.1. The third-order valence-corrected chi connectivity index (χ3v) is 3.72. The first-order valence-corrected chi connectivity index (χ1v) is 7.67. The SMILES string of the molecule is COc1cc(NC(=O)Nc2ccc(I)cc2C)cc(OC)c1. The fraction of sp³-hybridized carbons (Fsp3) is 0.188. The van der Waals surface area contributed by atoms with Gasteiger partial charge in [0.25, 0.3) is 0 Å². The topological polar surface area (TPSA) is 59.6 Å². The van der Waals surface area contributed by atoms with E-state index < -0.39 is 0 Å². The molecule has 0 spiro atoms. The van der Waals surface area contributed by atoms with Gasteiger partial charge in [0, 0.05) is 33.1 Å². The van der Waals surface area contributed by atoms with Gasteiger partial charge in [0.15, 0.2) is 0 Å². The summed E-state index contributed by atoms with van der Waals surface area (Å²) in [6.45, 7) is 1.95. The lowest BCUT2D eigenvalue weighted by Crippen LogP contribution is -2.20. The molecule has 116 valence electrons. The summed E-state index contributed by atoms with van der Waals surface area (Å²) in [4.78, 5) is 12.1. The third kappa shape index (κ3) is 4.27. The van der Waals surface area contributed by atoms with Crippen LogP contribution in [0.1, 0.15) is 5.56 Å². The molecule has 0 aliphatic heterocycles. The second kappa shape index (κ2) is 7.35. The molecule has 0 atom stereocenters. The van der Waals surface area contributed by atoms with Crippen molar-refractivity contribution in [1.82, 2.24) is 0 Å². The number of ether oxygens (including phenoxy) is 2. The van der Waals surface area contributed by atoms with E-state index >= 15 is 0 Å². The van der Waals surface area contributed by atoms with Gasteiger partial charge in [-0.25, -0.2) is 4.79 Å². The van der Waals surface area contributed by atoms with Crippen LogP contribution in [0.15, 0.2) is 36.4 Å². The number of carbonyl (C=O) groups excluding carboxylic acids is 1. The van der Waals surface area contributed by atoms with Crippen molar-refractivity contribution in [3.05, 3.63) is 45.5 Å². The molecule has 2 rings (SSSR count). The first-order valence-electron chi connectivity index (χ1n) is 6.59. The van der Waals surface area contributed by atoms with Gasteiger partial charge in [0.05, 0.1) is 14.2 Å². The van der Waals surface area contributed by atoms with E-state index in [-0.39, 0.29) is 6.03 Å². The molecule has 0 saturated heterocycles. The molecule has 22 heavy (non-hydrogen) atoms. The van der Waals surface area contributed by atoms with E-state index in [1.165, 1.54) is 0 Å². The number of carbonyl (C=O) groups is 1. The minimum absolute atomic E-state index is 0.320. The smallest absolute Gasteiger partial charge is 0.323 e. The highest BCUT2D eigenvalue weighted by Gasteiger charge is 2.08. The van der Waals surface area contributed by atoms with Crippen molar-refractivity contribution in [1.29, 1.82) is 0 Å². The van der Waals surface area contributed by atoms with Gasteiger partial charge in [-0.3, -0.25) is 0 Å². The second-order valence-corrected chi connectivity index (χ2v) is 5.89. The van der Waals surface area contributed by atoms with Crippen molar-refractivity contribution in [2.24, 2.45) is 0 Å². The van der Waals surface area contributed by atoms with E-state index in [0.717, 1.165) is 14.8 Å². The van der Waals surface area contributed by atoms with Gasteiger partial charge >= 0.3 is 6.03 Å². The Morgan fingerprint density at radius 3 is 2.18 bits per heavy atom. The van der Waals surface area contributed by atoms with Crippen LogP contribution in [0.5, 0.6) is 11.5 Å². The van der Waals surface area contributed by atoms with Gasteiger partial charge in [-0.15, -0.1) is 0 Å². The Balaban J connectivity index is 2.11. The maximum atomic E-state index is 12.1. The number of rotatable bonds is 4. The molecule has 0 bridgehead atoms. The van der Waals surface area contributed by atoms with Gasteiger partial charge in [0.1, 0.15) is 11.5 Å². The summed E-state index contributed by atoms with van der Waals surface area (Å²) in [6.07, 6.45) is 0. The fourth-order valence-corrected chi connectivity index (χ4v) is 2.58. The predicted octanol–water partition coefficient (Wildman–Crippen LogP) is 4.26. The molecular weight excluding hydrogens is 395 g/mol. The molecule has 0 fully saturated rings. The maximum Gasteiger partial charge on any atom is 0.323 e. The highest BCUT2D eigenvalue weighted by Crippen LogP contribution is 2.26. The normalized spacial score (nSPS) is 10.0. The third-order valence-electron chi connectivity index (χ3n) is 3.05. The fourth-order valence-electron chi connectivity index (χ4n) is 1.93. The number of halogens is 1. The van der Waals surface area contributed by atoms with Crippen molar-refractivity contribution < 1.29 is 14.3 Å². The van der Waals surface area contributed by atoms with Gasteiger partial charge in [-0.2, -0.15) is 0 Å². The molecule has 6 heteroatoms. The number of nitrogens with one attached hydrogen (secondary N) is 2. The van der Waals surface area contributed by atoms with Gasteiger partial charge in [-0.05, 0) is 53.3 Å². The predicted molar refractivity (Wildman–Crippen MR) is 96.1 cm³/mol. The summed E-state index contributed by atoms with van der Waals surface area (Å²) in [5, 5.41) is 5.60. The number of hydrogen-bond donors (Lipinski definition) is 2. The Morgan fingerprint density at radius 1 is 1.00 bits per heavy atom. The van der Waals surface area contributed by atoms with Crippen LogP contribution in [0.25, 0.3) is 0 Å². The summed E-state index contributed by atoms with van der Waals surface area (Å²) in [7, 11) is 3.13. The summed E-state index contributed by atoms with van der Waals surface area (Å²) >= 11 is 2.23. The Bertz CT molecular complexity index is 667. The van der Waals surface area contributed by atoms with Crippen LogP contribution in [0.4, 0.5) is 16.2 Å². The summed E-state index contributed by atoms with van der Waals surface area (Å²) in [5.41, 5.74) is 2.37. The number of urea groups is 1. The van der Waals surface area contributed by atoms with Gasteiger partial charge in [-0.1, -0.05) is 0 Å². The molecule has 0 aliphatic rings. The lowest BCUT2D eigenvalue weighted by Gasteiger charge is -2.12. The van der Waals surface area contributed by atoms with Crippen LogP contribution in [-0.4, -0.2) is 20.3 Å². The van der Waals surface area contributed by atoms with E-state index in [9.17, 15) is 4.79 Å². The van der Waals surface area contributed by atoms with Gasteiger partial charge < -0.3 is 20.1 Å². The molecule has 5 nitrogen and oxygen atoms in total. The molecule has 2 aromatic carbocycles. The average molecular weight is 412 g/mol. The van der Waals surface area contributed by atoms with Gasteiger partial charge in [0.2, 0.25) is 0 Å². The highest BCUT2D eigenvalue weighted by molar-refractivity contribution is 14.1. The lowest BCUT2D eigenvalue weighted by atomic mass is 10.2. The number of aryl methyl sites for hydroxylation is 1. The van der Waals surface area contributed by atoms with Crippen LogP contribution < -0.4 is 20.1 Å². The molecule has 0 aromatic heterocycles. The van der Waals surface area contributed by atoms with E-state index in [0.29, 0.717) is 17.2 Å². The zero-order valence-electron chi connectivity index (χ0n) is 12.6. The maximum absolute atomic E-state index is 12.1. The minimum Gasteiger partial charge on any atom is -0.497 e. The van der Waals surface area contributed by atoms with Crippen molar-refractivity contribution >= 4 is 40.0 Å². The average Bonchev–Trinajstić information content (AvgIpc) is 2.49. The number of methoxy groups -OCH3 is 2. The summed E-state index contributed by atoms with van der Waals surface area (Å²) < 4.78 is 11.5. The van der Waals surface area contributed by atoms with Crippen LogP contribution in [-0.2, 0) is 0 Å². The zero-order valence-corrected chi connectivity index (χ0v) is 14.7. The number of benzene rings is 2. The molecule has 0 unspecified atom stereocenters. The molecule has 0 saturated carbocycles. The first-order chi connectivity index (χ1) is 10.5. The second-order valence-electron chi connectivity index (χ2n) is 4.64. The largest absolute Gasteiger partial charge is 0.497 e. The first kappa shape index (κ1) is 16.4. The summed E-state index contributed by atoms with van der Waals surface area (Å²) in [5.74, 6) is 1.22. The molecule has 0 radical (unpaired) electrons. The number of amides is 2. The number of hydrogen-bond acceptors (Lipinski definition) is 3. The quantitative estimate of drug-likeness (QED) is 0.738. The lowest BCUT2D eigenvalue weighted by molar-refractivity contribution is 0.262. The van der Waals surface area contributed by atoms with Crippen LogP contribution in [0, 0.1) is 10.5 Å². The molecular formula is C16H17IN2O3. The van der Waals surface area contributed by atoms with E-state index in [4.69, 9.17) is 9.47 Å². The Hall–Kier alpha value is -1.96. The molecule has 2 N–H and O–H groups in total. The Kier molecular flexibility index (Phi) is 5.48. The molecule has 2 aromatic rings. The Labute approximate surface area is 143 Å². The molecule has 0 heterocycles. The van der Waals surface area contributed by atoms with Crippen LogP contribution in [0.2, 0.25) is 0 Å². The monoisotopic (exact) mass is 412 g/mol. The standard InChI is InChI=1S/C16H17IN2O3/c1-10-6-11(17)4-5-15(10)19-16(20)18-12-7-13(21-2)9-14(8-12)22-3/h4-9H,1-3H3,(H2,18,19,20). The van der Waals surface area contributed by atoms with E-state index in [1.54, 1.807) is 32.4 Å². The van der Waals surface area contributed by atoms with Crippen LogP contribution >= 0.6 is 22.6 Å². The van der Waals surface area contributed by atoms with E-state index in [1.807, 2.05) is 25.1 Å². The van der Waals surface area contributed by atoms with Crippen molar-refractivity contribution in [2.45, 2.75) is 6.92 Å². The number of anilines is 2.